The Balaban J connectivity index is 1.88. The van der Waals surface area contributed by atoms with Gasteiger partial charge in [-0.15, -0.1) is 6.42 Å². The Morgan fingerprint density at radius 2 is 1.92 bits per heavy atom. The Bertz CT molecular complexity index is 781. The highest BCUT2D eigenvalue weighted by Crippen LogP contribution is 2.22. The summed E-state index contributed by atoms with van der Waals surface area (Å²) in [5, 5.41) is 6.93. The monoisotopic (exact) mass is 337 g/mol. The molecule has 0 saturated carbocycles. The Hall–Kier alpha value is -3.46. The second kappa shape index (κ2) is 9.63. The highest BCUT2D eigenvalue weighted by atomic mass is 16.5. The molecule has 25 heavy (non-hydrogen) atoms. The van der Waals surface area contributed by atoms with Gasteiger partial charge >= 0.3 is 0 Å². The molecular weight excluding hydrogens is 318 g/mol. The van der Waals surface area contributed by atoms with Gasteiger partial charge in [-0.3, -0.25) is 4.79 Å². The van der Waals surface area contributed by atoms with Crippen molar-refractivity contribution < 1.29 is 14.3 Å². The van der Waals surface area contributed by atoms with Crippen molar-refractivity contribution in [2.75, 3.05) is 25.6 Å². The summed E-state index contributed by atoms with van der Waals surface area (Å²) in [6.45, 7) is 0.229. The molecule has 0 saturated heterocycles. The van der Waals surface area contributed by atoms with E-state index in [2.05, 4.69) is 21.8 Å². The molecule has 128 valence electrons. The van der Waals surface area contributed by atoms with Gasteiger partial charge in [0.2, 0.25) is 0 Å². The highest BCUT2D eigenvalue weighted by molar-refractivity contribution is 5.86. The van der Waals surface area contributed by atoms with Gasteiger partial charge in [-0.05, 0) is 24.3 Å². The van der Waals surface area contributed by atoms with Gasteiger partial charge in [0.25, 0.3) is 5.91 Å². The SMILES string of the molecule is C#CCOc1ccccc1/C=N\NC(=O)CNc1ccccc1OC. The number of rotatable bonds is 8. The van der Waals surface area contributed by atoms with Crippen LogP contribution in [0.5, 0.6) is 11.5 Å². The first-order valence-corrected chi connectivity index (χ1v) is 7.58. The molecule has 0 bridgehead atoms. The molecule has 0 fully saturated rings. The quantitative estimate of drug-likeness (QED) is 0.440. The number of methoxy groups -OCH3 is 1. The second-order valence-corrected chi connectivity index (χ2v) is 4.88. The molecule has 6 heteroatoms. The van der Waals surface area contributed by atoms with Gasteiger partial charge < -0.3 is 14.8 Å². The van der Waals surface area contributed by atoms with E-state index in [0.717, 1.165) is 11.3 Å². The van der Waals surface area contributed by atoms with Crippen molar-refractivity contribution >= 4 is 17.8 Å². The van der Waals surface area contributed by atoms with E-state index in [4.69, 9.17) is 15.9 Å². The number of terminal acetylenes is 1. The molecule has 0 radical (unpaired) electrons. The number of anilines is 1. The van der Waals surface area contributed by atoms with Crippen LogP contribution in [0.25, 0.3) is 0 Å². The minimum absolute atomic E-state index is 0.0625. The number of benzene rings is 2. The van der Waals surface area contributed by atoms with Crippen LogP contribution in [0.3, 0.4) is 0 Å². The average Bonchev–Trinajstić information content (AvgIpc) is 2.65. The maximum atomic E-state index is 11.9. The number of nitrogens with one attached hydrogen (secondary N) is 2. The molecule has 2 rings (SSSR count). The molecule has 0 spiro atoms. The van der Waals surface area contributed by atoms with Crippen LogP contribution in [0.15, 0.2) is 53.6 Å². The summed E-state index contributed by atoms with van der Waals surface area (Å²) in [7, 11) is 1.57. The van der Waals surface area contributed by atoms with Crippen LogP contribution in [0, 0.1) is 12.3 Å². The summed E-state index contributed by atoms with van der Waals surface area (Å²) < 4.78 is 10.6. The van der Waals surface area contributed by atoms with Gasteiger partial charge in [0, 0.05) is 5.56 Å². The predicted molar refractivity (Wildman–Crippen MR) is 98.0 cm³/mol. The number of hydrogen-bond donors (Lipinski definition) is 2. The lowest BCUT2D eigenvalue weighted by atomic mass is 10.2. The van der Waals surface area contributed by atoms with Crippen molar-refractivity contribution in [1.29, 1.82) is 0 Å². The van der Waals surface area contributed by atoms with Crippen LogP contribution < -0.4 is 20.2 Å². The lowest BCUT2D eigenvalue weighted by molar-refractivity contribution is -0.119. The van der Waals surface area contributed by atoms with E-state index < -0.39 is 0 Å². The van der Waals surface area contributed by atoms with Crippen LogP contribution in [0.4, 0.5) is 5.69 Å². The molecule has 0 aromatic heterocycles. The molecule has 6 nitrogen and oxygen atoms in total. The standard InChI is InChI=1S/C19H19N3O3/c1-3-12-25-17-10-6-4-8-15(17)13-21-22-19(23)14-20-16-9-5-7-11-18(16)24-2/h1,4-11,13,20H,12,14H2,2H3,(H,22,23)/b21-13-. The third-order valence-corrected chi connectivity index (χ3v) is 3.17. The first-order chi connectivity index (χ1) is 12.2. The topological polar surface area (TPSA) is 72.0 Å². The van der Waals surface area contributed by atoms with Crippen molar-refractivity contribution in [2.45, 2.75) is 0 Å². The first-order valence-electron chi connectivity index (χ1n) is 7.58. The van der Waals surface area contributed by atoms with Crippen LogP contribution in [0.1, 0.15) is 5.56 Å². The Morgan fingerprint density at radius 3 is 2.68 bits per heavy atom. The predicted octanol–water partition coefficient (Wildman–Crippen LogP) is 2.27. The highest BCUT2D eigenvalue weighted by Gasteiger charge is 2.04. The normalized spacial score (nSPS) is 10.1. The minimum atomic E-state index is -0.288. The summed E-state index contributed by atoms with van der Waals surface area (Å²) >= 11 is 0. The van der Waals surface area contributed by atoms with Crippen molar-refractivity contribution in [1.82, 2.24) is 5.43 Å². The summed E-state index contributed by atoms with van der Waals surface area (Å²) in [4.78, 5) is 11.9. The van der Waals surface area contributed by atoms with Crippen molar-refractivity contribution in [3.05, 3.63) is 54.1 Å². The molecule has 2 N–H and O–H groups in total. The number of nitrogens with zero attached hydrogens (tertiary/aromatic N) is 1. The fourth-order valence-corrected chi connectivity index (χ4v) is 2.02. The second-order valence-electron chi connectivity index (χ2n) is 4.88. The molecule has 0 aliphatic carbocycles. The van der Waals surface area contributed by atoms with Crippen LogP contribution in [-0.4, -0.2) is 32.4 Å². The molecular formula is C19H19N3O3. The van der Waals surface area contributed by atoms with E-state index in [0.29, 0.717) is 11.5 Å². The number of carbonyl (C=O) groups excluding carboxylic acids is 1. The minimum Gasteiger partial charge on any atom is -0.495 e. The number of hydrazone groups is 1. The van der Waals surface area contributed by atoms with E-state index in [-0.39, 0.29) is 19.1 Å². The molecule has 0 atom stereocenters. The summed E-state index contributed by atoms with van der Waals surface area (Å²) in [5.74, 6) is 3.38. The van der Waals surface area contributed by atoms with Crippen LogP contribution in [0.2, 0.25) is 0 Å². The Kier molecular flexibility index (Phi) is 6.89. The lowest BCUT2D eigenvalue weighted by Gasteiger charge is -2.09. The third-order valence-electron chi connectivity index (χ3n) is 3.17. The lowest BCUT2D eigenvalue weighted by Crippen LogP contribution is -2.26. The van der Waals surface area contributed by atoms with Gasteiger partial charge in [0.05, 0.1) is 25.6 Å². The van der Waals surface area contributed by atoms with Crippen molar-refractivity contribution in [3.63, 3.8) is 0 Å². The molecule has 2 aromatic carbocycles. The average molecular weight is 337 g/mol. The molecule has 2 aromatic rings. The van der Waals surface area contributed by atoms with Crippen molar-refractivity contribution in [2.24, 2.45) is 5.10 Å². The zero-order valence-corrected chi connectivity index (χ0v) is 13.9. The number of ether oxygens (including phenoxy) is 2. The van der Waals surface area contributed by atoms with Gasteiger partial charge in [0.1, 0.15) is 18.1 Å². The van der Waals surface area contributed by atoms with E-state index >= 15 is 0 Å². The van der Waals surface area contributed by atoms with Gasteiger partial charge in [-0.25, -0.2) is 5.43 Å². The zero-order chi connectivity index (χ0) is 17.9. The van der Waals surface area contributed by atoms with Gasteiger partial charge in [-0.2, -0.15) is 5.10 Å². The molecule has 0 aliphatic rings. The molecule has 1 amide bonds. The van der Waals surface area contributed by atoms with E-state index in [9.17, 15) is 4.79 Å². The first kappa shape index (κ1) is 17.9. The van der Waals surface area contributed by atoms with Crippen LogP contribution in [-0.2, 0) is 4.79 Å². The summed E-state index contributed by atoms with van der Waals surface area (Å²) in [6, 6.07) is 14.6. The molecule has 0 heterocycles. The van der Waals surface area contributed by atoms with Crippen LogP contribution >= 0.6 is 0 Å². The van der Waals surface area contributed by atoms with Crippen molar-refractivity contribution in [3.8, 4) is 23.8 Å². The number of amides is 1. The zero-order valence-electron chi connectivity index (χ0n) is 13.9. The summed E-state index contributed by atoms with van der Waals surface area (Å²) in [5.41, 5.74) is 3.91. The van der Waals surface area contributed by atoms with E-state index in [1.807, 2.05) is 42.5 Å². The number of hydrogen-bond acceptors (Lipinski definition) is 5. The van der Waals surface area contributed by atoms with E-state index in [1.54, 1.807) is 13.2 Å². The fourth-order valence-electron chi connectivity index (χ4n) is 2.02. The fraction of sp³-hybridized carbons (Fsp3) is 0.158. The third kappa shape index (κ3) is 5.59. The largest absolute Gasteiger partial charge is 0.495 e. The smallest absolute Gasteiger partial charge is 0.259 e. The van der Waals surface area contributed by atoms with Gasteiger partial charge in [-0.1, -0.05) is 30.2 Å². The maximum Gasteiger partial charge on any atom is 0.259 e. The Labute approximate surface area is 146 Å². The molecule has 0 unspecified atom stereocenters. The number of para-hydroxylation sites is 3. The number of carbonyl (C=O) groups is 1. The Morgan fingerprint density at radius 1 is 1.20 bits per heavy atom. The molecule has 0 aliphatic heterocycles. The van der Waals surface area contributed by atoms with E-state index in [1.165, 1.54) is 6.21 Å². The summed E-state index contributed by atoms with van der Waals surface area (Å²) in [6.07, 6.45) is 6.69. The van der Waals surface area contributed by atoms with Gasteiger partial charge in [0.15, 0.2) is 0 Å². The maximum absolute atomic E-state index is 11.9.